The van der Waals surface area contributed by atoms with Gasteiger partial charge in [-0.3, -0.25) is 9.69 Å². The average molecular weight is 521 g/mol. The van der Waals surface area contributed by atoms with Crippen molar-refractivity contribution >= 4 is 27.9 Å². The molecule has 38 heavy (non-hydrogen) atoms. The normalized spacial score (nSPS) is 18.2. The van der Waals surface area contributed by atoms with Crippen LogP contribution in [0.5, 0.6) is 0 Å². The summed E-state index contributed by atoms with van der Waals surface area (Å²) in [6.45, 7) is 11.5. The highest BCUT2D eigenvalue weighted by molar-refractivity contribution is 5.85. The minimum absolute atomic E-state index is 0.0584. The van der Waals surface area contributed by atoms with Crippen molar-refractivity contribution in [3.63, 3.8) is 0 Å². The minimum Gasteiger partial charge on any atom is -0.390 e. The standard InChI is InChI=1S/C27H36N8O3/c1-4-34-25(36)19-7-5-6-8-20(19)35(34)26-30-23-22(24(31-26)33-13-15-38-16-14-33)28-21(29-23)17-32-11-9-18(10-12-32)27(2,3)37/h5-8,18,37H,4,9-17H2,1-3H3,(H,28,29,30,31). The Morgan fingerprint density at radius 1 is 1.08 bits per heavy atom. The smallest absolute Gasteiger partial charge is 0.274 e. The first-order chi connectivity index (χ1) is 18.3. The molecule has 4 aromatic rings. The number of nitrogens with one attached hydrogen (secondary N) is 1. The highest BCUT2D eigenvalue weighted by atomic mass is 16.5. The quantitative estimate of drug-likeness (QED) is 0.398. The molecule has 0 aliphatic carbocycles. The van der Waals surface area contributed by atoms with E-state index in [4.69, 9.17) is 19.7 Å². The summed E-state index contributed by atoms with van der Waals surface area (Å²) in [4.78, 5) is 36.0. The Labute approximate surface area is 221 Å². The maximum atomic E-state index is 13.1. The van der Waals surface area contributed by atoms with Crippen LogP contribution in [0.4, 0.5) is 5.82 Å². The van der Waals surface area contributed by atoms with Crippen LogP contribution in [0.3, 0.4) is 0 Å². The van der Waals surface area contributed by atoms with Gasteiger partial charge in [-0.2, -0.15) is 9.97 Å². The molecule has 2 aliphatic rings. The molecule has 0 saturated carbocycles. The SMILES string of the molecule is CCn1c(=O)c2ccccc2n1-c1nc(N2CCOCC2)c2[nH]c(CN3CCC(C(C)(C)O)CC3)nc2n1. The topological polar surface area (TPSA) is 117 Å². The maximum absolute atomic E-state index is 13.1. The van der Waals surface area contributed by atoms with Gasteiger partial charge in [0.2, 0.25) is 0 Å². The van der Waals surface area contributed by atoms with Gasteiger partial charge in [0.25, 0.3) is 11.5 Å². The summed E-state index contributed by atoms with van der Waals surface area (Å²) in [5, 5.41) is 11.0. The number of imidazole rings is 1. The summed E-state index contributed by atoms with van der Waals surface area (Å²) in [6.07, 6.45) is 1.92. The van der Waals surface area contributed by atoms with Crippen molar-refractivity contribution in [2.24, 2.45) is 5.92 Å². The molecule has 0 atom stereocenters. The molecule has 3 aromatic heterocycles. The van der Waals surface area contributed by atoms with E-state index in [0.717, 1.165) is 61.7 Å². The van der Waals surface area contributed by atoms with Gasteiger partial charge in [0, 0.05) is 19.6 Å². The number of rotatable bonds is 6. The highest BCUT2D eigenvalue weighted by Gasteiger charge is 2.31. The van der Waals surface area contributed by atoms with Gasteiger partial charge in [-0.1, -0.05) is 12.1 Å². The van der Waals surface area contributed by atoms with E-state index < -0.39 is 5.60 Å². The molecule has 0 amide bonds. The van der Waals surface area contributed by atoms with Crippen LogP contribution in [0.25, 0.3) is 28.0 Å². The lowest BCUT2D eigenvalue weighted by atomic mass is 9.83. The zero-order valence-electron chi connectivity index (χ0n) is 22.4. The number of aromatic nitrogens is 6. The molecule has 2 saturated heterocycles. The molecule has 2 fully saturated rings. The molecule has 2 N–H and O–H groups in total. The molecule has 11 heteroatoms. The van der Waals surface area contributed by atoms with E-state index in [1.54, 1.807) is 4.68 Å². The number of hydrogen-bond donors (Lipinski definition) is 2. The Morgan fingerprint density at radius 2 is 1.82 bits per heavy atom. The summed E-state index contributed by atoms with van der Waals surface area (Å²) in [5.74, 6) is 2.36. The molecular weight excluding hydrogens is 484 g/mol. The van der Waals surface area contributed by atoms with Crippen molar-refractivity contribution in [3.05, 3.63) is 40.4 Å². The van der Waals surface area contributed by atoms with Gasteiger partial charge >= 0.3 is 0 Å². The summed E-state index contributed by atoms with van der Waals surface area (Å²) in [6, 6.07) is 7.57. The lowest BCUT2D eigenvalue weighted by molar-refractivity contribution is -0.0138. The number of para-hydroxylation sites is 1. The zero-order valence-corrected chi connectivity index (χ0v) is 22.4. The van der Waals surface area contributed by atoms with Gasteiger partial charge < -0.3 is 19.7 Å². The number of aromatic amines is 1. The lowest BCUT2D eigenvalue weighted by Gasteiger charge is -2.37. The number of morpholine rings is 1. The van der Waals surface area contributed by atoms with Crippen LogP contribution in [0.15, 0.2) is 29.1 Å². The van der Waals surface area contributed by atoms with Crippen LogP contribution in [0.2, 0.25) is 0 Å². The average Bonchev–Trinajstić information content (AvgIpc) is 3.46. The highest BCUT2D eigenvalue weighted by Crippen LogP contribution is 2.29. The third kappa shape index (κ3) is 4.48. The first-order valence-corrected chi connectivity index (χ1v) is 13.6. The fourth-order valence-corrected chi connectivity index (χ4v) is 5.80. The van der Waals surface area contributed by atoms with Gasteiger partial charge in [0.15, 0.2) is 11.5 Å². The van der Waals surface area contributed by atoms with Gasteiger partial charge in [-0.15, -0.1) is 0 Å². The van der Waals surface area contributed by atoms with E-state index in [1.807, 2.05) is 49.7 Å². The Bertz CT molecular complexity index is 1500. The Balaban J connectivity index is 1.40. The van der Waals surface area contributed by atoms with Crippen molar-refractivity contribution in [3.8, 4) is 5.95 Å². The Kier molecular flexibility index (Phi) is 6.45. The number of nitrogens with zero attached hydrogens (tertiary/aromatic N) is 7. The van der Waals surface area contributed by atoms with Crippen LogP contribution < -0.4 is 10.5 Å². The predicted molar refractivity (Wildman–Crippen MR) is 146 cm³/mol. The molecule has 6 rings (SSSR count). The number of anilines is 1. The number of ether oxygens (including phenoxy) is 1. The van der Waals surface area contributed by atoms with Crippen LogP contribution >= 0.6 is 0 Å². The van der Waals surface area contributed by atoms with Crippen LogP contribution in [-0.4, -0.2) is 84.3 Å². The van der Waals surface area contributed by atoms with Crippen LogP contribution in [0, 0.1) is 5.92 Å². The van der Waals surface area contributed by atoms with Crippen LogP contribution in [-0.2, 0) is 17.8 Å². The number of H-pyrrole nitrogens is 1. The Morgan fingerprint density at radius 3 is 2.53 bits per heavy atom. The second-order valence-electron chi connectivity index (χ2n) is 10.9. The van der Waals surface area contributed by atoms with Gasteiger partial charge in [0.1, 0.15) is 11.3 Å². The van der Waals surface area contributed by atoms with Crippen molar-refractivity contribution in [1.29, 1.82) is 0 Å². The molecular formula is C27H36N8O3. The lowest BCUT2D eigenvalue weighted by Crippen LogP contribution is -2.41. The first-order valence-electron chi connectivity index (χ1n) is 13.6. The zero-order chi connectivity index (χ0) is 26.4. The number of piperidine rings is 1. The van der Waals surface area contributed by atoms with E-state index in [2.05, 4.69) is 14.8 Å². The van der Waals surface area contributed by atoms with Gasteiger partial charge in [-0.25, -0.2) is 14.3 Å². The van der Waals surface area contributed by atoms with E-state index in [9.17, 15) is 9.90 Å². The molecule has 0 spiro atoms. The van der Waals surface area contributed by atoms with E-state index in [-0.39, 0.29) is 5.56 Å². The second kappa shape index (κ2) is 9.79. The number of likely N-dealkylation sites (tertiary alicyclic amines) is 1. The van der Waals surface area contributed by atoms with Crippen molar-refractivity contribution in [1.82, 2.24) is 34.2 Å². The predicted octanol–water partition coefficient (Wildman–Crippen LogP) is 2.30. The summed E-state index contributed by atoms with van der Waals surface area (Å²) in [7, 11) is 0. The van der Waals surface area contributed by atoms with Gasteiger partial charge in [-0.05, 0) is 64.8 Å². The molecule has 0 radical (unpaired) electrons. The van der Waals surface area contributed by atoms with Crippen molar-refractivity contribution < 1.29 is 9.84 Å². The number of hydrogen-bond acceptors (Lipinski definition) is 8. The number of benzene rings is 1. The third-order valence-corrected chi connectivity index (χ3v) is 7.97. The Hall–Kier alpha value is -3.28. The molecule has 2 aliphatic heterocycles. The van der Waals surface area contributed by atoms with Crippen molar-refractivity contribution in [2.45, 2.75) is 52.3 Å². The van der Waals surface area contributed by atoms with Crippen LogP contribution in [0.1, 0.15) is 39.4 Å². The van der Waals surface area contributed by atoms with E-state index >= 15 is 0 Å². The summed E-state index contributed by atoms with van der Waals surface area (Å²) in [5.41, 5.74) is 1.46. The van der Waals surface area contributed by atoms with E-state index in [1.165, 1.54) is 0 Å². The molecule has 11 nitrogen and oxygen atoms in total. The second-order valence-corrected chi connectivity index (χ2v) is 10.9. The fourth-order valence-electron chi connectivity index (χ4n) is 5.80. The monoisotopic (exact) mass is 520 g/mol. The largest absolute Gasteiger partial charge is 0.390 e. The molecule has 0 unspecified atom stereocenters. The molecule has 5 heterocycles. The van der Waals surface area contributed by atoms with Crippen molar-refractivity contribution in [2.75, 3.05) is 44.3 Å². The molecule has 202 valence electrons. The minimum atomic E-state index is -0.646. The summed E-state index contributed by atoms with van der Waals surface area (Å²) < 4.78 is 9.09. The van der Waals surface area contributed by atoms with Gasteiger partial charge in [0.05, 0.1) is 36.3 Å². The summed E-state index contributed by atoms with van der Waals surface area (Å²) >= 11 is 0. The molecule has 0 bridgehead atoms. The first kappa shape index (κ1) is 25.0. The maximum Gasteiger partial charge on any atom is 0.274 e. The number of fused-ring (bicyclic) bond motifs is 2. The fraction of sp³-hybridized carbons (Fsp3) is 0.556. The van der Waals surface area contributed by atoms with E-state index in [0.29, 0.717) is 49.2 Å². The third-order valence-electron chi connectivity index (χ3n) is 7.97. The number of aliphatic hydroxyl groups is 1. The molecule has 1 aromatic carbocycles.